The standard InChI is InChI=1S/C19H23N3O2/c1-12-9-13(2)18(14(3)10-12)22-17(23)11-21-16-7-5-15(6-8-16)19(24)20-4/h5-10,21H,11H2,1-4H3,(H,20,24)(H,22,23). The quantitative estimate of drug-likeness (QED) is 0.791. The topological polar surface area (TPSA) is 70.2 Å². The van der Waals surface area contributed by atoms with E-state index in [0.717, 1.165) is 22.5 Å². The molecule has 0 radical (unpaired) electrons. The van der Waals surface area contributed by atoms with E-state index in [-0.39, 0.29) is 18.4 Å². The summed E-state index contributed by atoms with van der Waals surface area (Å²) in [6.07, 6.45) is 0. The molecule has 0 saturated carbocycles. The van der Waals surface area contributed by atoms with Gasteiger partial charge in [0.2, 0.25) is 5.91 Å². The maximum atomic E-state index is 12.2. The summed E-state index contributed by atoms with van der Waals surface area (Å²) in [5, 5.41) is 8.57. The third kappa shape index (κ3) is 4.35. The van der Waals surface area contributed by atoms with Gasteiger partial charge in [-0.1, -0.05) is 17.7 Å². The van der Waals surface area contributed by atoms with Gasteiger partial charge in [0, 0.05) is 24.0 Å². The van der Waals surface area contributed by atoms with Crippen LogP contribution in [0.1, 0.15) is 27.0 Å². The Labute approximate surface area is 142 Å². The number of amides is 2. The molecule has 2 aromatic carbocycles. The van der Waals surface area contributed by atoms with Gasteiger partial charge in [-0.15, -0.1) is 0 Å². The predicted octanol–water partition coefficient (Wildman–Crippen LogP) is 3.02. The molecule has 126 valence electrons. The van der Waals surface area contributed by atoms with Crippen LogP contribution in [0.4, 0.5) is 11.4 Å². The van der Waals surface area contributed by atoms with Crippen molar-refractivity contribution in [2.75, 3.05) is 24.2 Å². The lowest BCUT2D eigenvalue weighted by molar-refractivity contribution is -0.114. The van der Waals surface area contributed by atoms with E-state index < -0.39 is 0 Å². The number of aryl methyl sites for hydroxylation is 3. The molecule has 2 aromatic rings. The van der Waals surface area contributed by atoms with E-state index in [1.165, 1.54) is 5.56 Å². The molecule has 5 nitrogen and oxygen atoms in total. The van der Waals surface area contributed by atoms with E-state index in [1.807, 2.05) is 32.9 Å². The second-order valence-corrected chi connectivity index (χ2v) is 5.83. The zero-order valence-electron chi connectivity index (χ0n) is 14.5. The average Bonchev–Trinajstić information content (AvgIpc) is 2.56. The molecule has 2 rings (SSSR count). The fourth-order valence-corrected chi connectivity index (χ4v) is 2.63. The molecule has 2 amide bonds. The molecule has 0 aliphatic rings. The lowest BCUT2D eigenvalue weighted by atomic mass is 10.1. The van der Waals surface area contributed by atoms with Crippen molar-refractivity contribution in [1.82, 2.24) is 5.32 Å². The zero-order chi connectivity index (χ0) is 17.7. The van der Waals surface area contributed by atoms with Crippen LogP contribution in [-0.2, 0) is 4.79 Å². The molecule has 24 heavy (non-hydrogen) atoms. The first kappa shape index (κ1) is 17.5. The second kappa shape index (κ2) is 7.64. The van der Waals surface area contributed by atoms with Gasteiger partial charge in [0.15, 0.2) is 0 Å². The van der Waals surface area contributed by atoms with Gasteiger partial charge in [0.1, 0.15) is 0 Å². The van der Waals surface area contributed by atoms with Crippen LogP contribution in [0.15, 0.2) is 36.4 Å². The summed E-state index contributed by atoms with van der Waals surface area (Å²) in [6, 6.07) is 11.1. The van der Waals surface area contributed by atoms with E-state index in [2.05, 4.69) is 16.0 Å². The summed E-state index contributed by atoms with van der Waals surface area (Å²) in [4.78, 5) is 23.6. The molecule has 0 aliphatic carbocycles. The zero-order valence-corrected chi connectivity index (χ0v) is 14.5. The highest BCUT2D eigenvalue weighted by Crippen LogP contribution is 2.21. The van der Waals surface area contributed by atoms with Gasteiger partial charge in [0.25, 0.3) is 5.91 Å². The van der Waals surface area contributed by atoms with Crippen LogP contribution in [0.2, 0.25) is 0 Å². The Morgan fingerprint density at radius 3 is 2.08 bits per heavy atom. The number of carbonyl (C=O) groups excluding carboxylic acids is 2. The lowest BCUT2D eigenvalue weighted by Gasteiger charge is -2.13. The molecule has 0 fully saturated rings. The predicted molar refractivity (Wildman–Crippen MR) is 97.6 cm³/mol. The largest absolute Gasteiger partial charge is 0.376 e. The first-order valence-corrected chi connectivity index (χ1v) is 7.84. The van der Waals surface area contributed by atoms with Crippen molar-refractivity contribution in [3.63, 3.8) is 0 Å². The number of nitrogens with one attached hydrogen (secondary N) is 3. The van der Waals surface area contributed by atoms with Crippen LogP contribution in [0, 0.1) is 20.8 Å². The van der Waals surface area contributed by atoms with Gasteiger partial charge < -0.3 is 16.0 Å². The fourth-order valence-electron chi connectivity index (χ4n) is 2.63. The van der Waals surface area contributed by atoms with Gasteiger partial charge in [-0.2, -0.15) is 0 Å². The summed E-state index contributed by atoms with van der Waals surface area (Å²) in [5.74, 6) is -0.245. The Morgan fingerprint density at radius 2 is 1.54 bits per heavy atom. The molecule has 0 unspecified atom stereocenters. The Balaban J connectivity index is 1.95. The van der Waals surface area contributed by atoms with E-state index in [4.69, 9.17) is 0 Å². The van der Waals surface area contributed by atoms with Crippen LogP contribution in [0.3, 0.4) is 0 Å². The minimum absolute atomic E-state index is 0.111. The van der Waals surface area contributed by atoms with Crippen molar-refractivity contribution < 1.29 is 9.59 Å². The van der Waals surface area contributed by atoms with Gasteiger partial charge in [-0.25, -0.2) is 0 Å². The van der Waals surface area contributed by atoms with Crippen molar-refractivity contribution in [3.05, 3.63) is 58.7 Å². The molecular formula is C19H23N3O2. The molecule has 0 bridgehead atoms. The second-order valence-electron chi connectivity index (χ2n) is 5.83. The lowest BCUT2D eigenvalue weighted by Crippen LogP contribution is -2.23. The van der Waals surface area contributed by atoms with Crippen molar-refractivity contribution in [2.24, 2.45) is 0 Å². The summed E-state index contributed by atoms with van der Waals surface area (Å²) >= 11 is 0. The summed E-state index contributed by atoms with van der Waals surface area (Å²) in [6.45, 7) is 6.17. The van der Waals surface area contributed by atoms with Crippen molar-refractivity contribution >= 4 is 23.2 Å². The highest BCUT2D eigenvalue weighted by atomic mass is 16.2. The molecule has 3 N–H and O–H groups in total. The summed E-state index contributed by atoms with van der Waals surface area (Å²) in [7, 11) is 1.59. The summed E-state index contributed by atoms with van der Waals surface area (Å²) in [5.41, 5.74) is 5.51. The van der Waals surface area contributed by atoms with Gasteiger partial charge in [0.05, 0.1) is 6.54 Å². The molecule has 0 aliphatic heterocycles. The highest BCUT2D eigenvalue weighted by molar-refractivity contribution is 5.96. The monoisotopic (exact) mass is 325 g/mol. The smallest absolute Gasteiger partial charge is 0.251 e. The molecule has 5 heteroatoms. The Morgan fingerprint density at radius 1 is 0.958 bits per heavy atom. The number of anilines is 2. The Hall–Kier alpha value is -2.82. The Kier molecular flexibility index (Phi) is 5.58. The van der Waals surface area contributed by atoms with E-state index in [0.29, 0.717) is 5.56 Å². The molecule has 0 saturated heterocycles. The number of benzene rings is 2. The third-order valence-corrected chi connectivity index (χ3v) is 3.77. The van der Waals surface area contributed by atoms with Crippen LogP contribution in [0.5, 0.6) is 0 Å². The maximum Gasteiger partial charge on any atom is 0.251 e. The average molecular weight is 325 g/mol. The minimum atomic E-state index is -0.135. The van der Waals surface area contributed by atoms with Crippen LogP contribution >= 0.6 is 0 Å². The van der Waals surface area contributed by atoms with Gasteiger partial charge in [-0.3, -0.25) is 9.59 Å². The number of carbonyl (C=O) groups is 2. The first-order valence-electron chi connectivity index (χ1n) is 7.84. The van der Waals surface area contributed by atoms with Gasteiger partial charge in [-0.05, 0) is 56.2 Å². The summed E-state index contributed by atoms with van der Waals surface area (Å²) < 4.78 is 0. The number of hydrogen-bond donors (Lipinski definition) is 3. The van der Waals surface area contributed by atoms with Crippen molar-refractivity contribution in [3.8, 4) is 0 Å². The molecule has 0 aromatic heterocycles. The first-order chi connectivity index (χ1) is 11.4. The van der Waals surface area contributed by atoms with E-state index in [1.54, 1.807) is 31.3 Å². The molecule has 0 spiro atoms. The number of hydrogen-bond acceptors (Lipinski definition) is 3. The Bertz CT molecular complexity index is 729. The molecule has 0 heterocycles. The third-order valence-electron chi connectivity index (χ3n) is 3.77. The van der Waals surface area contributed by atoms with Crippen LogP contribution in [0.25, 0.3) is 0 Å². The van der Waals surface area contributed by atoms with E-state index in [9.17, 15) is 9.59 Å². The normalized spacial score (nSPS) is 10.2. The minimum Gasteiger partial charge on any atom is -0.376 e. The van der Waals surface area contributed by atoms with Crippen LogP contribution in [-0.4, -0.2) is 25.4 Å². The number of rotatable bonds is 5. The van der Waals surface area contributed by atoms with Crippen molar-refractivity contribution in [1.29, 1.82) is 0 Å². The van der Waals surface area contributed by atoms with Gasteiger partial charge >= 0.3 is 0 Å². The van der Waals surface area contributed by atoms with Crippen LogP contribution < -0.4 is 16.0 Å². The molecular weight excluding hydrogens is 302 g/mol. The molecule has 0 atom stereocenters. The van der Waals surface area contributed by atoms with Crippen molar-refractivity contribution in [2.45, 2.75) is 20.8 Å². The van der Waals surface area contributed by atoms with E-state index >= 15 is 0 Å². The highest BCUT2D eigenvalue weighted by Gasteiger charge is 2.08. The fraction of sp³-hybridized carbons (Fsp3) is 0.263. The SMILES string of the molecule is CNC(=O)c1ccc(NCC(=O)Nc2c(C)cc(C)cc2C)cc1. The maximum absolute atomic E-state index is 12.2.